The molecule has 21 heavy (non-hydrogen) atoms. The van der Waals surface area contributed by atoms with Crippen molar-refractivity contribution in [3.05, 3.63) is 56.2 Å². The molecule has 0 aliphatic carbocycles. The van der Waals surface area contributed by atoms with Crippen molar-refractivity contribution in [2.24, 2.45) is 0 Å². The van der Waals surface area contributed by atoms with E-state index < -0.39 is 0 Å². The standard InChI is InChI=1S/C15H12Br2N2O2/c16-11-6-9-4-5-21-14(9)10(7-11)8-18-15(20)12-2-1-3-13(17)19-12/h1-3,6-7H,4-5,8H2,(H,18,20). The maximum Gasteiger partial charge on any atom is 0.270 e. The fourth-order valence-electron chi connectivity index (χ4n) is 2.28. The molecule has 0 atom stereocenters. The van der Waals surface area contributed by atoms with Gasteiger partial charge in [-0.25, -0.2) is 4.98 Å². The monoisotopic (exact) mass is 410 g/mol. The molecule has 0 saturated carbocycles. The quantitative estimate of drug-likeness (QED) is 0.786. The topological polar surface area (TPSA) is 51.2 Å². The van der Waals surface area contributed by atoms with Gasteiger partial charge in [-0.3, -0.25) is 4.79 Å². The number of carbonyl (C=O) groups excluding carboxylic acids is 1. The van der Waals surface area contributed by atoms with E-state index in [9.17, 15) is 4.79 Å². The van der Waals surface area contributed by atoms with Crippen LogP contribution in [0.1, 0.15) is 21.6 Å². The number of ether oxygens (including phenoxy) is 1. The van der Waals surface area contributed by atoms with Crippen LogP contribution in [0.25, 0.3) is 0 Å². The number of halogens is 2. The number of aromatic nitrogens is 1. The SMILES string of the molecule is O=C(NCc1cc(Br)cc2c1OCC2)c1cccc(Br)n1. The second-order valence-corrected chi connectivity index (χ2v) is 6.41. The lowest BCUT2D eigenvalue weighted by Crippen LogP contribution is -2.24. The minimum absolute atomic E-state index is 0.206. The predicted octanol–water partition coefficient (Wildman–Crippen LogP) is 3.47. The van der Waals surface area contributed by atoms with Crippen molar-refractivity contribution < 1.29 is 9.53 Å². The molecule has 1 amide bonds. The summed E-state index contributed by atoms with van der Waals surface area (Å²) in [5.74, 6) is 0.684. The smallest absolute Gasteiger partial charge is 0.270 e. The lowest BCUT2D eigenvalue weighted by Gasteiger charge is -2.10. The third-order valence-electron chi connectivity index (χ3n) is 3.21. The minimum Gasteiger partial charge on any atom is -0.493 e. The van der Waals surface area contributed by atoms with Crippen LogP contribution in [0.5, 0.6) is 5.75 Å². The molecule has 3 rings (SSSR count). The third kappa shape index (κ3) is 3.27. The minimum atomic E-state index is -0.206. The number of benzene rings is 1. The van der Waals surface area contributed by atoms with E-state index >= 15 is 0 Å². The molecule has 1 aliphatic heterocycles. The lowest BCUT2D eigenvalue weighted by atomic mass is 10.1. The summed E-state index contributed by atoms with van der Waals surface area (Å²) in [5, 5.41) is 2.88. The highest BCUT2D eigenvalue weighted by Gasteiger charge is 2.18. The van der Waals surface area contributed by atoms with Crippen LogP contribution in [0.4, 0.5) is 0 Å². The van der Waals surface area contributed by atoms with Crippen LogP contribution >= 0.6 is 31.9 Å². The van der Waals surface area contributed by atoms with E-state index in [2.05, 4.69) is 48.2 Å². The van der Waals surface area contributed by atoms with Crippen molar-refractivity contribution in [3.8, 4) is 5.75 Å². The summed E-state index contributed by atoms with van der Waals surface area (Å²) < 4.78 is 7.28. The number of hydrogen-bond donors (Lipinski definition) is 1. The third-order valence-corrected chi connectivity index (χ3v) is 4.11. The number of rotatable bonds is 3. The Bertz CT molecular complexity index is 704. The first-order chi connectivity index (χ1) is 10.1. The summed E-state index contributed by atoms with van der Waals surface area (Å²) in [5.41, 5.74) is 2.53. The van der Waals surface area contributed by atoms with Crippen LogP contribution in [-0.2, 0) is 13.0 Å². The largest absolute Gasteiger partial charge is 0.493 e. The van der Waals surface area contributed by atoms with Gasteiger partial charge in [-0.1, -0.05) is 22.0 Å². The fraction of sp³-hybridized carbons (Fsp3) is 0.200. The van der Waals surface area contributed by atoms with Gasteiger partial charge in [0.1, 0.15) is 16.0 Å². The first-order valence-electron chi connectivity index (χ1n) is 6.48. The Balaban J connectivity index is 1.75. The molecule has 0 bridgehead atoms. The first-order valence-corrected chi connectivity index (χ1v) is 8.07. The zero-order valence-corrected chi connectivity index (χ0v) is 14.2. The number of amides is 1. The van der Waals surface area contributed by atoms with E-state index in [0.29, 0.717) is 23.4 Å². The van der Waals surface area contributed by atoms with Gasteiger partial charge in [0.2, 0.25) is 0 Å². The molecular weight excluding hydrogens is 400 g/mol. The van der Waals surface area contributed by atoms with Crippen molar-refractivity contribution in [3.63, 3.8) is 0 Å². The van der Waals surface area contributed by atoms with Crippen molar-refractivity contribution in [2.45, 2.75) is 13.0 Å². The van der Waals surface area contributed by atoms with Crippen molar-refractivity contribution >= 4 is 37.8 Å². The molecule has 4 nitrogen and oxygen atoms in total. The molecule has 1 aromatic heterocycles. The highest BCUT2D eigenvalue weighted by Crippen LogP contribution is 2.32. The average Bonchev–Trinajstić information content (AvgIpc) is 2.92. The molecule has 2 aromatic rings. The van der Waals surface area contributed by atoms with Crippen LogP contribution in [0.15, 0.2) is 39.4 Å². The van der Waals surface area contributed by atoms with Gasteiger partial charge in [-0.15, -0.1) is 0 Å². The van der Waals surface area contributed by atoms with E-state index in [1.807, 2.05) is 6.07 Å². The van der Waals surface area contributed by atoms with Crippen LogP contribution < -0.4 is 10.1 Å². The van der Waals surface area contributed by atoms with E-state index in [0.717, 1.165) is 22.2 Å². The van der Waals surface area contributed by atoms with E-state index in [-0.39, 0.29) is 5.91 Å². The fourth-order valence-corrected chi connectivity index (χ4v) is 3.17. The van der Waals surface area contributed by atoms with Gasteiger partial charge in [0.25, 0.3) is 5.91 Å². The van der Waals surface area contributed by atoms with Gasteiger partial charge >= 0.3 is 0 Å². The molecule has 108 valence electrons. The highest BCUT2D eigenvalue weighted by molar-refractivity contribution is 9.10. The molecule has 0 saturated heterocycles. The van der Waals surface area contributed by atoms with Crippen molar-refractivity contribution in [2.75, 3.05) is 6.61 Å². The predicted molar refractivity (Wildman–Crippen MR) is 86.4 cm³/mol. The summed E-state index contributed by atoms with van der Waals surface area (Å²) in [7, 11) is 0. The van der Waals surface area contributed by atoms with Gasteiger partial charge in [-0.2, -0.15) is 0 Å². The second-order valence-electron chi connectivity index (χ2n) is 4.68. The highest BCUT2D eigenvalue weighted by atomic mass is 79.9. The summed E-state index contributed by atoms with van der Waals surface area (Å²) in [6.07, 6.45) is 0.906. The Hall–Kier alpha value is -1.40. The van der Waals surface area contributed by atoms with E-state index in [4.69, 9.17) is 4.74 Å². The average molecular weight is 412 g/mol. The van der Waals surface area contributed by atoms with E-state index in [1.54, 1.807) is 18.2 Å². The van der Waals surface area contributed by atoms with Crippen LogP contribution in [0, 0.1) is 0 Å². The Morgan fingerprint density at radius 1 is 1.33 bits per heavy atom. The number of pyridine rings is 1. The number of carbonyl (C=O) groups is 1. The van der Waals surface area contributed by atoms with Gasteiger partial charge in [0, 0.05) is 23.0 Å². The Morgan fingerprint density at radius 2 is 2.19 bits per heavy atom. The Labute approximate surface area is 139 Å². The molecule has 1 aromatic carbocycles. The zero-order chi connectivity index (χ0) is 14.8. The normalized spacial score (nSPS) is 12.7. The molecule has 0 unspecified atom stereocenters. The van der Waals surface area contributed by atoms with Crippen LogP contribution in [-0.4, -0.2) is 17.5 Å². The number of nitrogens with one attached hydrogen (secondary N) is 1. The molecular formula is C15H12Br2N2O2. The van der Waals surface area contributed by atoms with Crippen LogP contribution in [0.3, 0.4) is 0 Å². The molecule has 2 heterocycles. The molecule has 0 radical (unpaired) electrons. The van der Waals surface area contributed by atoms with Gasteiger partial charge in [0.15, 0.2) is 0 Å². The van der Waals surface area contributed by atoms with Crippen molar-refractivity contribution in [1.82, 2.24) is 10.3 Å². The molecule has 0 spiro atoms. The summed E-state index contributed by atoms with van der Waals surface area (Å²) in [4.78, 5) is 16.2. The van der Waals surface area contributed by atoms with Crippen LogP contribution in [0.2, 0.25) is 0 Å². The Kier molecular flexibility index (Phi) is 4.26. The number of fused-ring (bicyclic) bond motifs is 1. The molecule has 1 N–H and O–H groups in total. The number of hydrogen-bond acceptors (Lipinski definition) is 3. The summed E-state index contributed by atoms with van der Waals surface area (Å²) in [6.45, 7) is 1.11. The maximum atomic E-state index is 12.1. The zero-order valence-electron chi connectivity index (χ0n) is 11.0. The molecule has 0 fully saturated rings. The molecule has 6 heteroatoms. The van der Waals surface area contributed by atoms with Gasteiger partial charge in [-0.05, 0) is 45.8 Å². The van der Waals surface area contributed by atoms with Crippen molar-refractivity contribution in [1.29, 1.82) is 0 Å². The van der Waals surface area contributed by atoms with Gasteiger partial charge < -0.3 is 10.1 Å². The first kappa shape index (κ1) is 14.5. The Morgan fingerprint density at radius 3 is 3.00 bits per heavy atom. The second kappa shape index (κ2) is 6.15. The molecule has 1 aliphatic rings. The summed E-state index contributed by atoms with van der Waals surface area (Å²) >= 11 is 6.75. The lowest BCUT2D eigenvalue weighted by molar-refractivity contribution is 0.0945. The summed E-state index contributed by atoms with van der Waals surface area (Å²) in [6, 6.07) is 9.28. The number of nitrogens with zero attached hydrogens (tertiary/aromatic N) is 1. The van der Waals surface area contributed by atoms with Gasteiger partial charge in [0.05, 0.1) is 6.61 Å². The maximum absolute atomic E-state index is 12.1. The van der Waals surface area contributed by atoms with E-state index in [1.165, 1.54) is 5.56 Å².